The van der Waals surface area contributed by atoms with Gasteiger partial charge in [-0.3, -0.25) is 0 Å². The third-order valence-electron chi connectivity index (χ3n) is 2.54. The van der Waals surface area contributed by atoms with Gasteiger partial charge in [0.05, 0.1) is 6.10 Å². The molecule has 0 saturated carbocycles. The third kappa shape index (κ3) is 3.88. The van der Waals surface area contributed by atoms with Gasteiger partial charge in [0.1, 0.15) is 0 Å². The van der Waals surface area contributed by atoms with Crippen LogP contribution < -0.4 is 0 Å². The first-order chi connectivity index (χ1) is 6.99. The maximum atomic E-state index is 9.76. The van der Waals surface area contributed by atoms with Crippen LogP contribution in [-0.4, -0.2) is 11.2 Å². The molecule has 1 rings (SSSR count). The normalized spacial score (nSPS) is 12.3. The average molecular weight is 204 g/mol. The highest BCUT2D eigenvalue weighted by Gasteiger charge is 2.03. The summed E-state index contributed by atoms with van der Waals surface area (Å²) in [5.74, 6) is 0. The molecule has 0 amide bonds. The van der Waals surface area contributed by atoms with Crippen molar-refractivity contribution in [3.8, 4) is 0 Å². The quantitative estimate of drug-likeness (QED) is 0.750. The van der Waals surface area contributed by atoms with Crippen molar-refractivity contribution in [2.45, 2.75) is 40.2 Å². The molecule has 82 valence electrons. The largest absolute Gasteiger partial charge is 0.389 e. The molecule has 0 aliphatic heterocycles. The van der Waals surface area contributed by atoms with Crippen LogP contribution in [0.5, 0.6) is 0 Å². The molecule has 1 atom stereocenters. The number of aliphatic hydroxyl groups is 1. The lowest BCUT2D eigenvalue weighted by atomic mass is 10.0. The van der Waals surface area contributed by atoms with Crippen LogP contribution >= 0.6 is 0 Å². The Balaban J connectivity index is 2.73. The van der Waals surface area contributed by atoms with Gasteiger partial charge < -0.3 is 5.11 Å². The monoisotopic (exact) mass is 204 g/mol. The fourth-order valence-corrected chi connectivity index (χ4v) is 1.62. The SMILES string of the molecule is CC(C)=CC(O)Cc1ccc(C)c(C)c1. The van der Waals surface area contributed by atoms with Gasteiger partial charge in [-0.15, -0.1) is 0 Å². The molecule has 0 fully saturated rings. The number of aliphatic hydroxyl groups excluding tert-OH is 1. The summed E-state index contributed by atoms with van der Waals surface area (Å²) in [5.41, 5.74) is 4.95. The molecule has 0 saturated heterocycles. The van der Waals surface area contributed by atoms with Crippen LogP contribution in [0, 0.1) is 13.8 Å². The molecular formula is C14H20O. The molecule has 0 heterocycles. The first-order valence-corrected chi connectivity index (χ1v) is 5.38. The van der Waals surface area contributed by atoms with Gasteiger partial charge in [-0.1, -0.05) is 29.8 Å². The molecule has 0 aliphatic carbocycles. The zero-order chi connectivity index (χ0) is 11.4. The van der Waals surface area contributed by atoms with E-state index in [1.54, 1.807) is 0 Å². The Morgan fingerprint density at radius 3 is 2.47 bits per heavy atom. The minimum absolute atomic E-state index is 0.364. The summed E-state index contributed by atoms with van der Waals surface area (Å²) in [6.07, 6.45) is 2.23. The van der Waals surface area contributed by atoms with E-state index in [9.17, 15) is 5.11 Å². The van der Waals surface area contributed by atoms with Crippen molar-refractivity contribution in [2.75, 3.05) is 0 Å². The molecule has 0 bridgehead atoms. The maximum absolute atomic E-state index is 9.76. The van der Waals surface area contributed by atoms with Crippen LogP contribution in [0.2, 0.25) is 0 Å². The molecule has 1 aromatic rings. The van der Waals surface area contributed by atoms with E-state index in [0.29, 0.717) is 6.42 Å². The lowest BCUT2D eigenvalue weighted by Crippen LogP contribution is -2.07. The maximum Gasteiger partial charge on any atom is 0.0763 e. The van der Waals surface area contributed by atoms with Gasteiger partial charge in [-0.25, -0.2) is 0 Å². The summed E-state index contributed by atoms with van der Waals surface area (Å²) in [4.78, 5) is 0. The van der Waals surface area contributed by atoms with Crippen molar-refractivity contribution in [1.29, 1.82) is 0 Å². The van der Waals surface area contributed by atoms with Gasteiger partial charge in [-0.05, 0) is 44.4 Å². The number of benzene rings is 1. The number of rotatable bonds is 3. The Kier molecular flexibility index (Phi) is 4.10. The zero-order valence-electron chi connectivity index (χ0n) is 10.0. The average Bonchev–Trinajstić information content (AvgIpc) is 2.10. The van der Waals surface area contributed by atoms with Crippen molar-refractivity contribution in [3.63, 3.8) is 0 Å². The van der Waals surface area contributed by atoms with E-state index >= 15 is 0 Å². The second-order valence-corrected chi connectivity index (χ2v) is 4.43. The van der Waals surface area contributed by atoms with Crippen LogP contribution in [0.4, 0.5) is 0 Å². The van der Waals surface area contributed by atoms with Crippen LogP contribution in [0.15, 0.2) is 29.8 Å². The van der Waals surface area contributed by atoms with E-state index in [2.05, 4.69) is 32.0 Å². The van der Waals surface area contributed by atoms with Gasteiger partial charge in [0, 0.05) is 6.42 Å². The van der Waals surface area contributed by atoms with Crippen LogP contribution in [-0.2, 0) is 6.42 Å². The molecule has 1 nitrogen and oxygen atoms in total. The summed E-state index contributed by atoms with van der Waals surface area (Å²) in [5, 5.41) is 9.76. The lowest BCUT2D eigenvalue weighted by molar-refractivity contribution is 0.223. The number of hydrogen-bond donors (Lipinski definition) is 1. The van der Waals surface area contributed by atoms with Crippen LogP contribution in [0.3, 0.4) is 0 Å². The fraction of sp³-hybridized carbons (Fsp3) is 0.429. The standard InChI is InChI=1S/C14H20O/c1-10(2)7-14(15)9-13-6-5-11(3)12(4)8-13/h5-8,14-15H,9H2,1-4H3. The van der Waals surface area contributed by atoms with E-state index in [1.807, 2.05) is 19.9 Å². The van der Waals surface area contributed by atoms with Crippen molar-refractivity contribution in [1.82, 2.24) is 0 Å². The van der Waals surface area contributed by atoms with Crippen molar-refractivity contribution in [3.05, 3.63) is 46.5 Å². The highest BCUT2D eigenvalue weighted by molar-refractivity contribution is 5.30. The second kappa shape index (κ2) is 5.13. The summed E-state index contributed by atoms with van der Waals surface area (Å²) in [6.45, 7) is 8.21. The van der Waals surface area contributed by atoms with Crippen LogP contribution in [0.1, 0.15) is 30.5 Å². The van der Waals surface area contributed by atoms with Gasteiger partial charge in [0.2, 0.25) is 0 Å². The molecule has 0 spiro atoms. The van der Waals surface area contributed by atoms with E-state index in [0.717, 1.165) is 5.57 Å². The van der Waals surface area contributed by atoms with Crippen molar-refractivity contribution >= 4 is 0 Å². The molecule has 0 aromatic heterocycles. The van der Waals surface area contributed by atoms with Gasteiger partial charge in [0.15, 0.2) is 0 Å². The fourth-order valence-electron chi connectivity index (χ4n) is 1.62. The molecule has 15 heavy (non-hydrogen) atoms. The Hall–Kier alpha value is -1.08. The third-order valence-corrected chi connectivity index (χ3v) is 2.54. The zero-order valence-corrected chi connectivity index (χ0v) is 10.0. The summed E-state index contributed by atoms with van der Waals surface area (Å²) < 4.78 is 0. The summed E-state index contributed by atoms with van der Waals surface area (Å²) >= 11 is 0. The molecule has 1 unspecified atom stereocenters. The molecule has 1 heteroatoms. The van der Waals surface area contributed by atoms with E-state index in [-0.39, 0.29) is 6.10 Å². The number of hydrogen-bond acceptors (Lipinski definition) is 1. The topological polar surface area (TPSA) is 20.2 Å². The number of allylic oxidation sites excluding steroid dienone is 1. The van der Waals surface area contributed by atoms with Crippen molar-refractivity contribution in [2.24, 2.45) is 0 Å². The minimum atomic E-state index is -0.364. The predicted molar refractivity (Wildman–Crippen MR) is 65.1 cm³/mol. The number of aryl methyl sites for hydroxylation is 2. The van der Waals surface area contributed by atoms with E-state index in [4.69, 9.17) is 0 Å². The summed E-state index contributed by atoms with van der Waals surface area (Å²) in [7, 11) is 0. The molecule has 1 N–H and O–H groups in total. The Morgan fingerprint density at radius 1 is 1.27 bits per heavy atom. The predicted octanol–water partition coefficient (Wildman–Crippen LogP) is 3.17. The summed E-state index contributed by atoms with van der Waals surface area (Å²) in [6, 6.07) is 6.35. The van der Waals surface area contributed by atoms with E-state index in [1.165, 1.54) is 16.7 Å². The second-order valence-electron chi connectivity index (χ2n) is 4.43. The molecule has 1 aromatic carbocycles. The molecule has 0 aliphatic rings. The Bertz CT molecular complexity index is 360. The smallest absolute Gasteiger partial charge is 0.0763 e. The molecule has 0 radical (unpaired) electrons. The lowest BCUT2D eigenvalue weighted by Gasteiger charge is -2.08. The van der Waals surface area contributed by atoms with Gasteiger partial charge in [0.25, 0.3) is 0 Å². The first kappa shape index (κ1) is 12.0. The first-order valence-electron chi connectivity index (χ1n) is 5.38. The Labute approximate surface area is 92.5 Å². The van der Waals surface area contributed by atoms with Gasteiger partial charge in [-0.2, -0.15) is 0 Å². The highest BCUT2D eigenvalue weighted by Crippen LogP contribution is 2.12. The van der Waals surface area contributed by atoms with E-state index < -0.39 is 0 Å². The molecular weight excluding hydrogens is 184 g/mol. The highest BCUT2D eigenvalue weighted by atomic mass is 16.3. The Morgan fingerprint density at radius 2 is 1.93 bits per heavy atom. The van der Waals surface area contributed by atoms with Gasteiger partial charge >= 0.3 is 0 Å². The minimum Gasteiger partial charge on any atom is -0.389 e. The van der Waals surface area contributed by atoms with Crippen molar-refractivity contribution < 1.29 is 5.11 Å². The van der Waals surface area contributed by atoms with Crippen LogP contribution in [0.25, 0.3) is 0 Å².